The number of nitrogens with zero attached hydrogens (tertiary/aromatic N) is 2. The topological polar surface area (TPSA) is 31.9 Å². The fourth-order valence-corrected chi connectivity index (χ4v) is 2.72. The molecule has 3 nitrogen and oxygen atoms in total. The molecule has 2 rings (SSSR count). The minimum atomic E-state index is 0.912. The number of imidazole rings is 1. The van der Waals surface area contributed by atoms with Gasteiger partial charge in [0.15, 0.2) is 0 Å². The van der Waals surface area contributed by atoms with Gasteiger partial charge in [-0.15, -0.1) is 0 Å². The molecule has 0 radical (unpaired) electrons. The third kappa shape index (κ3) is 3.34. The van der Waals surface area contributed by atoms with Gasteiger partial charge < -0.3 is 4.98 Å². The monoisotopic (exact) mass is 221 g/mol. The van der Waals surface area contributed by atoms with E-state index in [-0.39, 0.29) is 0 Å². The number of hydrogen-bond acceptors (Lipinski definition) is 2. The van der Waals surface area contributed by atoms with Crippen LogP contribution in [0.4, 0.5) is 0 Å². The highest BCUT2D eigenvalue weighted by Gasteiger charge is 2.17. The SMILES string of the molecule is CCCC1CCCCN(Cc2cnc[nH]2)C1. The van der Waals surface area contributed by atoms with E-state index in [0.717, 1.165) is 12.5 Å². The molecule has 0 aliphatic carbocycles. The molecule has 0 amide bonds. The average molecular weight is 221 g/mol. The van der Waals surface area contributed by atoms with Crippen LogP contribution in [-0.4, -0.2) is 28.0 Å². The van der Waals surface area contributed by atoms with Crippen molar-refractivity contribution in [3.8, 4) is 0 Å². The van der Waals surface area contributed by atoms with Crippen LogP contribution in [0.5, 0.6) is 0 Å². The van der Waals surface area contributed by atoms with Crippen molar-refractivity contribution in [2.45, 2.75) is 45.6 Å². The zero-order valence-corrected chi connectivity index (χ0v) is 10.3. The third-order valence-corrected chi connectivity index (χ3v) is 3.50. The predicted molar refractivity (Wildman–Crippen MR) is 66.1 cm³/mol. The molecular weight excluding hydrogens is 198 g/mol. The van der Waals surface area contributed by atoms with Crippen LogP contribution in [0, 0.1) is 5.92 Å². The largest absolute Gasteiger partial charge is 0.347 e. The van der Waals surface area contributed by atoms with E-state index < -0.39 is 0 Å². The second-order valence-electron chi connectivity index (χ2n) is 4.96. The van der Waals surface area contributed by atoms with Crippen molar-refractivity contribution in [3.05, 3.63) is 18.2 Å². The normalized spacial score (nSPS) is 23.2. The average Bonchev–Trinajstić information content (AvgIpc) is 2.67. The van der Waals surface area contributed by atoms with Gasteiger partial charge in [0, 0.05) is 25.0 Å². The Morgan fingerprint density at radius 3 is 3.19 bits per heavy atom. The molecule has 0 aromatic carbocycles. The smallest absolute Gasteiger partial charge is 0.0922 e. The zero-order chi connectivity index (χ0) is 11.2. The van der Waals surface area contributed by atoms with Gasteiger partial charge in [0.05, 0.1) is 6.33 Å². The van der Waals surface area contributed by atoms with E-state index in [1.54, 1.807) is 6.33 Å². The summed E-state index contributed by atoms with van der Waals surface area (Å²) in [5, 5.41) is 0. The molecule has 1 aliphatic heterocycles. The first kappa shape index (κ1) is 11.6. The molecule has 1 aromatic heterocycles. The van der Waals surface area contributed by atoms with Crippen molar-refractivity contribution in [2.24, 2.45) is 5.92 Å². The van der Waals surface area contributed by atoms with Crippen molar-refractivity contribution >= 4 is 0 Å². The van der Waals surface area contributed by atoms with Crippen LogP contribution in [0.1, 0.15) is 44.7 Å². The van der Waals surface area contributed by atoms with Gasteiger partial charge in [-0.1, -0.05) is 19.8 Å². The lowest BCUT2D eigenvalue weighted by atomic mass is 9.98. The Morgan fingerprint density at radius 1 is 1.50 bits per heavy atom. The maximum Gasteiger partial charge on any atom is 0.0922 e. The summed E-state index contributed by atoms with van der Waals surface area (Å²) in [4.78, 5) is 9.87. The molecule has 2 heterocycles. The van der Waals surface area contributed by atoms with Gasteiger partial charge in [-0.25, -0.2) is 4.98 Å². The maximum atomic E-state index is 4.08. The Bertz CT molecular complexity index is 281. The summed E-state index contributed by atoms with van der Waals surface area (Å²) in [7, 11) is 0. The molecule has 1 aliphatic rings. The quantitative estimate of drug-likeness (QED) is 0.848. The van der Waals surface area contributed by atoms with Crippen LogP contribution in [0.25, 0.3) is 0 Å². The minimum Gasteiger partial charge on any atom is -0.347 e. The Hall–Kier alpha value is -0.830. The molecule has 1 saturated heterocycles. The van der Waals surface area contributed by atoms with E-state index in [1.165, 1.54) is 50.9 Å². The summed E-state index contributed by atoms with van der Waals surface area (Å²) in [6.45, 7) is 5.86. The number of likely N-dealkylation sites (tertiary alicyclic amines) is 1. The molecule has 0 bridgehead atoms. The first-order valence-corrected chi connectivity index (χ1v) is 6.58. The lowest BCUT2D eigenvalue weighted by Crippen LogP contribution is -2.28. The van der Waals surface area contributed by atoms with Gasteiger partial charge in [-0.05, 0) is 31.7 Å². The fourth-order valence-electron chi connectivity index (χ4n) is 2.72. The molecule has 1 N–H and O–H groups in total. The summed E-state index contributed by atoms with van der Waals surface area (Å²) in [6.07, 6.45) is 10.6. The molecular formula is C13H23N3. The van der Waals surface area contributed by atoms with Gasteiger partial charge in [0.25, 0.3) is 0 Å². The number of rotatable bonds is 4. The Balaban J connectivity index is 1.87. The van der Waals surface area contributed by atoms with Gasteiger partial charge in [0.2, 0.25) is 0 Å². The first-order valence-electron chi connectivity index (χ1n) is 6.58. The standard InChI is InChI=1S/C13H23N3/c1-2-5-12-6-3-4-7-16(9-12)10-13-8-14-11-15-13/h8,11-12H,2-7,9-10H2,1H3,(H,14,15). The molecule has 3 heteroatoms. The second kappa shape index (κ2) is 6.04. The molecule has 1 aromatic rings. The van der Waals surface area contributed by atoms with Crippen LogP contribution in [0.2, 0.25) is 0 Å². The summed E-state index contributed by atoms with van der Waals surface area (Å²) < 4.78 is 0. The van der Waals surface area contributed by atoms with Crippen molar-refractivity contribution in [1.82, 2.24) is 14.9 Å². The lowest BCUT2D eigenvalue weighted by molar-refractivity contribution is 0.232. The highest BCUT2D eigenvalue weighted by atomic mass is 15.1. The Morgan fingerprint density at radius 2 is 2.44 bits per heavy atom. The molecule has 1 unspecified atom stereocenters. The number of H-pyrrole nitrogens is 1. The van der Waals surface area contributed by atoms with Crippen LogP contribution >= 0.6 is 0 Å². The van der Waals surface area contributed by atoms with Crippen molar-refractivity contribution < 1.29 is 0 Å². The number of hydrogen-bond donors (Lipinski definition) is 1. The third-order valence-electron chi connectivity index (χ3n) is 3.50. The fraction of sp³-hybridized carbons (Fsp3) is 0.769. The molecule has 16 heavy (non-hydrogen) atoms. The van der Waals surface area contributed by atoms with E-state index in [0.29, 0.717) is 0 Å². The summed E-state index contributed by atoms with van der Waals surface area (Å²) in [6, 6.07) is 0. The second-order valence-corrected chi connectivity index (χ2v) is 4.96. The number of nitrogens with one attached hydrogen (secondary N) is 1. The predicted octanol–water partition coefficient (Wildman–Crippen LogP) is 2.81. The molecule has 0 saturated carbocycles. The van der Waals surface area contributed by atoms with Crippen molar-refractivity contribution in [2.75, 3.05) is 13.1 Å². The highest BCUT2D eigenvalue weighted by molar-refractivity contribution is 4.94. The highest BCUT2D eigenvalue weighted by Crippen LogP contribution is 2.21. The van der Waals surface area contributed by atoms with Gasteiger partial charge in [-0.2, -0.15) is 0 Å². The summed E-state index contributed by atoms with van der Waals surface area (Å²) in [5.74, 6) is 0.912. The van der Waals surface area contributed by atoms with E-state index in [4.69, 9.17) is 0 Å². The van der Waals surface area contributed by atoms with Crippen LogP contribution in [0.3, 0.4) is 0 Å². The molecule has 1 atom stereocenters. The number of aromatic nitrogens is 2. The Labute approximate surface area is 98.3 Å². The van der Waals surface area contributed by atoms with Crippen LogP contribution in [-0.2, 0) is 6.54 Å². The van der Waals surface area contributed by atoms with E-state index >= 15 is 0 Å². The first-order chi connectivity index (χ1) is 7.88. The summed E-state index contributed by atoms with van der Waals surface area (Å²) >= 11 is 0. The molecule has 90 valence electrons. The molecule has 0 spiro atoms. The van der Waals surface area contributed by atoms with Crippen LogP contribution < -0.4 is 0 Å². The zero-order valence-electron chi connectivity index (χ0n) is 10.3. The van der Waals surface area contributed by atoms with Gasteiger partial charge in [-0.3, -0.25) is 4.90 Å². The molecule has 1 fully saturated rings. The lowest BCUT2D eigenvalue weighted by Gasteiger charge is -2.23. The number of aromatic amines is 1. The summed E-state index contributed by atoms with van der Waals surface area (Å²) in [5.41, 5.74) is 1.25. The van der Waals surface area contributed by atoms with E-state index in [2.05, 4.69) is 21.8 Å². The van der Waals surface area contributed by atoms with E-state index in [1.807, 2.05) is 6.20 Å². The Kier molecular flexibility index (Phi) is 4.40. The minimum absolute atomic E-state index is 0.912. The maximum absolute atomic E-state index is 4.08. The van der Waals surface area contributed by atoms with Gasteiger partial charge in [0.1, 0.15) is 0 Å². The van der Waals surface area contributed by atoms with Crippen molar-refractivity contribution in [1.29, 1.82) is 0 Å². The van der Waals surface area contributed by atoms with Crippen molar-refractivity contribution in [3.63, 3.8) is 0 Å². The van der Waals surface area contributed by atoms with Gasteiger partial charge >= 0.3 is 0 Å². The van der Waals surface area contributed by atoms with E-state index in [9.17, 15) is 0 Å². The van der Waals surface area contributed by atoms with Crippen LogP contribution in [0.15, 0.2) is 12.5 Å².